The molecule has 0 aliphatic carbocycles. The summed E-state index contributed by atoms with van der Waals surface area (Å²) in [6.45, 7) is 1.50. The van der Waals surface area contributed by atoms with Gasteiger partial charge in [0.25, 0.3) is 0 Å². The first kappa shape index (κ1) is 36.7. The highest BCUT2D eigenvalue weighted by Gasteiger charge is 2.55. The van der Waals surface area contributed by atoms with Crippen molar-refractivity contribution in [3.05, 3.63) is 81.7 Å². The summed E-state index contributed by atoms with van der Waals surface area (Å²) in [6, 6.07) is 13.6. The van der Waals surface area contributed by atoms with Gasteiger partial charge in [-0.2, -0.15) is 15.1 Å². The van der Waals surface area contributed by atoms with Gasteiger partial charge in [-0.3, -0.25) is 13.9 Å². The molecule has 51 heavy (non-hydrogen) atoms. The molecule has 1 aliphatic heterocycles. The van der Waals surface area contributed by atoms with E-state index in [4.69, 9.17) is 29.0 Å². The summed E-state index contributed by atoms with van der Waals surface area (Å²) < 4.78 is 72.0. The van der Waals surface area contributed by atoms with Crippen LogP contribution in [0.2, 0.25) is 0 Å². The highest BCUT2D eigenvalue weighted by atomic mass is 127. The van der Waals surface area contributed by atoms with Crippen LogP contribution >= 0.6 is 30.3 Å². The number of nitrogens with zero attached hydrogens (tertiary/aromatic N) is 4. The molecule has 2 unspecified atom stereocenters. The van der Waals surface area contributed by atoms with Crippen molar-refractivity contribution in [3.63, 3.8) is 0 Å². The summed E-state index contributed by atoms with van der Waals surface area (Å²) in [6.07, 6.45) is -4.23. The van der Waals surface area contributed by atoms with Gasteiger partial charge in [0.2, 0.25) is 11.8 Å². The van der Waals surface area contributed by atoms with Crippen LogP contribution in [-0.4, -0.2) is 73.3 Å². The van der Waals surface area contributed by atoms with Crippen molar-refractivity contribution in [2.45, 2.75) is 50.5 Å². The van der Waals surface area contributed by atoms with Gasteiger partial charge in [0.1, 0.15) is 47.8 Å². The number of nitrogen functional groups attached to an aromatic ring is 1. The summed E-state index contributed by atoms with van der Waals surface area (Å²) in [5, 5.41) is 26.7. The van der Waals surface area contributed by atoms with Crippen LogP contribution in [0, 0.1) is 15.5 Å². The van der Waals surface area contributed by atoms with E-state index in [1.54, 1.807) is 24.3 Å². The van der Waals surface area contributed by atoms with Crippen LogP contribution in [0.5, 0.6) is 11.6 Å². The molecule has 6 rings (SSSR count). The number of nitrogens with one attached hydrogen (secondary N) is 1. The number of benzene rings is 3. The van der Waals surface area contributed by atoms with Crippen molar-refractivity contribution < 1.29 is 51.6 Å². The smallest absolute Gasteiger partial charge is 0.459 e. The number of fused-ring (bicyclic) bond motifs is 2. The number of aliphatic hydroxyl groups is 2. The highest BCUT2D eigenvalue weighted by Crippen LogP contribution is 2.49. The maximum Gasteiger partial charge on any atom is 0.459 e. The maximum absolute atomic E-state index is 14.5. The van der Waals surface area contributed by atoms with Gasteiger partial charge >= 0.3 is 13.7 Å². The van der Waals surface area contributed by atoms with Crippen molar-refractivity contribution in [2.24, 2.45) is 0 Å². The van der Waals surface area contributed by atoms with E-state index in [-0.39, 0.29) is 34.3 Å². The van der Waals surface area contributed by atoms with Crippen molar-refractivity contribution in [2.75, 3.05) is 19.5 Å². The Hall–Kier alpha value is -4.04. The number of hydrogen-bond donors (Lipinski definition) is 4. The summed E-state index contributed by atoms with van der Waals surface area (Å²) in [7, 11) is -3.18. The predicted octanol–water partition coefficient (Wildman–Crippen LogP) is 4.39. The fourth-order valence-electron chi connectivity index (χ4n) is 5.51. The average molecular weight is 841 g/mol. The lowest BCUT2D eigenvalue weighted by molar-refractivity contribution is -0.146. The SMILES string of the molecule is COc1nc(N)nc2c1nc(I)n2[C@@H]1O[C@H](COP(=O)(NC(C)C(=O)OCc2ccc(F)cc2F)Oc2cccc3ccccc23)[C@@H](O)[C@@]1(C)O. The third kappa shape index (κ3) is 7.48. The molecule has 2 aromatic heterocycles. The minimum atomic E-state index is -4.56. The molecule has 3 heterocycles. The van der Waals surface area contributed by atoms with Crippen LogP contribution in [0.1, 0.15) is 25.6 Å². The Morgan fingerprint density at radius 1 is 1.18 bits per heavy atom. The summed E-state index contributed by atoms with van der Waals surface area (Å²) >= 11 is 1.89. The van der Waals surface area contributed by atoms with Gasteiger partial charge in [-0.15, -0.1) is 0 Å². The molecule has 270 valence electrons. The van der Waals surface area contributed by atoms with E-state index in [1.165, 1.54) is 25.5 Å². The monoisotopic (exact) mass is 840 g/mol. The Morgan fingerprint density at radius 3 is 2.67 bits per heavy atom. The van der Waals surface area contributed by atoms with Gasteiger partial charge in [0.05, 0.1) is 13.7 Å². The van der Waals surface area contributed by atoms with Gasteiger partial charge in [0, 0.05) is 39.6 Å². The number of nitrogens with two attached hydrogens (primary N) is 1. The lowest BCUT2D eigenvalue weighted by Gasteiger charge is -2.28. The molecular weight excluding hydrogens is 808 g/mol. The molecule has 0 radical (unpaired) electrons. The second kappa shape index (κ2) is 14.5. The van der Waals surface area contributed by atoms with Gasteiger partial charge < -0.3 is 34.7 Å². The Balaban J connectivity index is 1.25. The van der Waals surface area contributed by atoms with Gasteiger partial charge in [-0.05, 0) is 37.4 Å². The molecule has 1 aliphatic rings. The van der Waals surface area contributed by atoms with Crippen LogP contribution < -0.4 is 20.1 Å². The molecule has 15 nitrogen and oxygen atoms in total. The minimum Gasteiger partial charge on any atom is -0.479 e. The quantitative estimate of drug-likeness (QED) is 0.0597. The summed E-state index contributed by atoms with van der Waals surface area (Å²) in [5.74, 6) is -2.57. The molecule has 5 aromatic rings. The first-order chi connectivity index (χ1) is 24.2. The number of methoxy groups -OCH3 is 1. The molecule has 5 N–H and O–H groups in total. The van der Waals surface area contributed by atoms with Crippen LogP contribution in [0.15, 0.2) is 60.7 Å². The number of anilines is 1. The van der Waals surface area contributed by atoms with Gasteiger partial charge in [0.15, 0.2) is 21.2 Å². The van der Waals surface area contributed by atoms with E-state index in [2.05, 4.69) is 20.0 Å². The number of aromatic nitrogens is 4. The number of aliphatic hydroxyl groups excluding tert-OH is 1. The number of halogens is 3. The number of imidazole rings is 1. The van der Waals surface area contributed by atoms with E-state index in [9.17, 15) is 28.4 Å². The zero-order valence-electron chi connectivity index (χ0n) is 27.2. The maximum atomic E-state index is 14.5. The Bertz CT molecular complexity index is 2150. The fourth-order valence-corrected chi connectivity index (χ4v) is 7.75. The Kier molecular flexibility index (Phi) is 10.5. The van der Waals surface area contributed by atoms with Crippen LogP contribution in [0.25, 0.3) is 21.9 Å². The molecule has 6 atom stereocenters. The van der Waals surface area contributed by atoms with E-state index >= 15 is 0 Å². The van der Waals surface area contributed by atoms with Crippen molar-refractivity contribution in [1.29, 1.82) is 0 Å². The van der Waals surface area contributed by atoms with Gasteiger partial charge in [-0.1, -0.05) is 36.4 Å². The minimum absolute atomic E-state index is 0.0784. The van der Waals surface area contributed by atoms with E-state index in [0.717, 1.165) is 17.5 Å². The number of ether oxygens (including phenoxy) is 3. The normalized spacial score (nSPS) is 22.2. The molecule has 0 spiro atoms. The van der Waals surface area contributed by atoms with Crippen LogP contribution in [-0.2, 0) is 30.0 Å². The number of carbonyl (C=O) groups is 1. The lowest BCUT2D eigenvalue weighted by Crippen LogP contribution is -2.45. The van der Waals surface area contributed by atoms with Crippen LogP contribution in [0.4, 0.5) is 14.7 Å². The van der Waals surface area contributed by atoms with Crippen molar-refractivity contribution in [1.82, 2.24) is 24.6 Å². The lowest BCUT2D eigenvalue weighted by atomic mass is 9.96. The fraction of sp³-hybridized carbons (Fsp3) is 0.312. The number of rotatable bonds is 12. The summed E-state index contributed by atoms with van der Waals surface area (Å²) in [4.78, 5) is 25.6. The Morgan fingerprint density at radius 2 is 1.92 bits per heavy atom. The van der Waals surface area contributed by atoms with E-state index < -0.39 is 68.6 Å². The molecule has 0 bridgehead atoms. The third-order valence-electron chi connectivity index (χ3n) is 8.13. The topological polar surface area (TPSA) is 202 Å². The first-order valence-corrected chi connectivity index (χ1v) is 17.9. The highest BCUT2D eigenvalue weighted by molar-refractivity contribution is 14.1. The predicted molar refractivity (Wildman–Crippen MR) is 186 cm³/mol. The molecular formula is C32H32F2IN6O9P. The van der Waals surface area contributed by atoms with Gasteiger partial charge in [-0.25, -0.2) is 18.3 Å². The molecule has 3 aromatic carbocycles. The number of carbonyl (C=O) groups excluding carboxylic acids is 1. The first-order valence-electron chi connectivity index (χ1n) is 15.3. The molecule has 0 amide bonds. The number of hydrogen-bond acceptors (Lipinski definition) is 13. The van der Waals surface area contributed by atoms with E-state index in [0.29, 0.717) is 15.3 Å². The molecule has 1 fully saturated rings. The molecule has 19 heteroatoms. The second-order valence-electron chi connectivity index (χ2n) is 11.8. The largest absolute Gasteiger partial charge is 0.479 e. The third-order valence-corrected chi connectivity index (χ3v) is 10.5. The Labute approximate surface area is 302 Å². The molecule has 1 saturated heterocycles. The zero-order valence-corrected chi connectivity index (χ0v) is 30.2. The van der Waals surface area contributed by atoms with E-state index in [1.807, 2.05) is 40.8 Å². The zero-order chi connectivity index (χ0) is 36.7. The average Bonchev–Trinajstić information content (AvgIpc) is 3.52. The second-order valence-corrected chi connectivity index (χ2v) is 14.4. The van der Waals surface area contributed by atoms with Crippen molar-refractivity contribution in [3.8, 4) is 11.6 Å². The molecule has 0 saturated carbocycles. The van der Waals surface area contributed by atoms with Crippen LogP contribution in [0.3, 0.4) is 0 Å². The standard InChI is InChI=1S/C32H32F2IN6O9P/c1-16(28(43)47-14-18-11-12-19(33)13-21(18)34)40-51(45,50-22-10-6-8-17-7-4-5-9-20(17)22)48-15-23-25(42)32(2,44)29(49-23)41-26-24(37-30(41)35)27(46-3)39-31(36)38-26/h4-13,16,23,25,29,42,44H,14-15H2,1-3H3,(H,40,45)(H2,36,38,39)/t16?,23-,25-,29-,32-,51?/m1/s1. The number of esters is 1. The van der Waals surface area contributed by atoms with Crippen molar-refractivity contribution >= 4 is 64.2 Å². The summed E-state index contributed by atoms with van der Waals surface area (Å²) in [5.41, 5.74) is 4.21.